The molecule has 0 spiro atoms. The molecule has 0 aliphatic heterocycles. The van der Waals surface area contributed by atoms with Gasteiger partial charge in [0.1, 0.15) is 6.10 Å². The van der Waals surface area contributed by atoms with Crippen LogP contribution in [0.3, 0.4) is 0 Å². The van der Waals surface area contributed by atoms with Gasteiger partial charge in [0.15, 0.2) is 0 Å². The first-order valence-electron chi connectivity index (χ1n) is 6.01. The van der Waals surface area contributed by atoms with E-state index >= 15 is 0 Å². The van der Waals surface area contributed by atoms with Crippen LogP contribution in [0.5, 0.6) is 0 Å². The van der Waals surface area contributed by atoms with E-state index in [0.29, 0.717) is 13.0 Å². The number of carbonyl (C=O) groups is 1. The zero-order chi connectivity index (χ0) is 13.5. The summed E-state index contributed by atoms with van der Waals surface area (Å²) in [7, 11) is 1.65. The quantitative estimate of drug-likeness (QED) is 0.880. The Balaban J connectivity index is 1.83. The lowest BCUT2D eigenvalue weighted by atomic mass is 10.2. The highest BCUT2D eigenvalue weighted by Gasteiger charge is 2.13. The Bertz CT molecular complexity index is 499. The Hall–Kier alpha value is -1.72. The van der Waals surface area contributed by atoms with Crippen molar-refractivity contribution >= 4 is 17.2 Å². The molecule has 0 aliphatic carbocycles. The Labute approximate surface area is 116 Å². The van der Waals surface area contributed by atoms with Gasteiger partial charge in [-0.05, 0) is 23.1 Å². The third-order valence-corrected chi connectivity index (χ3v) is 3.68. The third kappa shape index (κ3) is 4.15. The van der Waals surface area contributed by atoms with E-state index in [4.69, 9.17) is 4.74 Å². The van der Waals surface area contributed by atoms with E-state index in [1.165, 1.54) is 0 Å². The predicted molar refractivity (Wildman–Crippen MR) is 75.0 cm³/mol. The summed E-state index contributed by atoms with van der Waals surface area (Å²) in [5.74, 6) is -0.0217. The summed E-state index contributed by atoms with van der Waals surface area (Å²) in [5, 5.41) is 4.88. The van der Waals surface area contributed by atoms with Gasteiger partial charge in [-0.3, -0.25) is 9.78 Å². The number of methoxy groups -OCH3 is 1. The van der Waals surface area contributed by atoms with Gasteiger partial charge in [-0.1, -0.05) is 12.1 Å². The second kappa shape index (κ2) is 7.01. The van der Waals surface area contributed by atoms with E-state index in [2.05, 4.69) is 10.3 Å². The number of ether oxygens (including phenoxy) is 1. The first kappa shape index (κ1) is 13.7. The van der Waals surface area contributed by atoms with Crippen LogP contribution in [0.4, 0.5) is 0 Å². The van der Waals surface area contributed by atoms with Gasteiger partial charge in [0, 0.05) is 30.9 Å². The average molecular weight is 276 g/mol. The van der Waals surface area contributed by atoms with Crippen LogP contribution in [0, 0.1) is 0 Å². The lowest BCUT2D eigenvalue weighted by molar-refractivity contribution is -0.121. The number of nitrogens with one attached hydrogen (secondary N) is 1. The maximum absolute atomic E-state index is 11.8. The number of hydrogen-bond acceptors (Lipinski definition) is 4. The zero-order valence-electron chi connectivity index (χ0n) is 10.7. The van der Waals surface area contributed by atoms with E-state index in [0.717, 1.165) is 10.4 Å². The van der Waals surface area contributed by atoms with Crippen LogP contribution in [-0.4, -0.2) is 24.5 Å². The van der Waals surface area contributed by atoms with E-state index in [9.17, 15) is 4.79 Å². The van der Waals surface area contributed by atoms with Gasteiger partial charge in [0.25, 0.3) is 0 Å². The molecule has 2 rings (SSSR count). The van der Waals surface area contributed by atoms with Crippen LogP contribution >= 0.6 is 11.3 Å². The molecule has 100 valence electrons. The van der Waals surface area contributed by atoms with Crippen LogP contribution in [0.1, 0.15) is 16.5 Å². The van der Waals surface area contributed by atoms with Gasteiger partial charge < -0.3 is 10.1 Å². The van der Waals surface area contributed by atoms with Crippen molar-refractivity contribution in [2.45, 2.75) is 12.5 Å². The van der Waals surface area contributed by atoms with Crippen LogP contribution in [0.15, 0.2) is 42.0 Å². The molecule has 0 aromatic carbocycles. The maximum Gasteiger partial charge on any atom is 0.224 e. The molecule has 0 fully saturated rings. The molecule has 0 radical (unpaired) electrons. The van der Waals surface area contributed by atoms with Crippen molar-refractivity contribution in [1.82, 2.24) is 10.3 Å². The number of nitrogens with zero attached hydrogens (tertiary/aromatic N) is 1. The molecule has 0 aliphatic rings. The first-order valence-corrected chi connectivity index (χ1v) is 6.89. The summed E-state index contributed by atoms with van der Waals surface area (Å²) in [6.07, 6.45) is 3.65. The number of rotatable bonds is 6. The number of pyridine rings is 1. The lowest BCUT2D eigenvalue weighted by Crippen LogP contribution is -2.30. The molecule has 0 bridgehead atoms. The van der Waals surface area contributed by atoms with Crippen LogP contribution < -0.4 is 5.32 Å². The summed E-state index contributed by atoms with van der Waals surface area (Å²) in [6.45, 7) is 0.482. The van der Waals surface area contributed by atoms with Gasteiger partial charge in [-0.2, -0.15) is 0 Å². The van der Waals surface area contributed by atoms with Crippen molar-refractivity contribution in [1.29, 1.82) is 0 Å². The van der Waals surface area contributed by atoms with Crippen molar-refractivity contribution in [3.05, 3.63) is 52.5 Å². The number of carbonyl (C=O) groups excluding carboxylic acids is 1. The molecule has 1 amide bonds. The number of amides is 1. The van der Waals surface area contributed by atoms with Crippen LogP contribution in [-0.2, 0) is 16.0 Å². The molecule has 1 unspecified atom stereocenters. The highest BCUT2D eigenvalue weighted by Crippen LogP contribution is 2.20. The summed E-state index contributed by atoms with van der Waals surface area (Å²) in [4.78, 5) is 16.9. The molecule has 1 N–H and O–H groups in total. The topological polar surface area (TPSA) is 51.2 Å². The van der Waals surface area contributed by atoms with Crippen molar-refractivity contribution in [2.24, 2.45) is 0 Å². The third-order valence-electron chi connectivity index (χ3n) is 2.72. The van der Waals surface area contributed by atoms with E-state index < -0.39 is 0 Å². The van der Waals surface area contributed by atoms with E-state index in [-0.39, 0.29) is 12.0 Å². The van der Waals surface area contributed by atoms with Crippen LogP contribution in [0.2, 0.25) is 0 Å². The Morgan fingerprint density at radius 1 is 1.47 bits per heavy atom. The molecule has 4 nitrogen and oxygen atoms in total. The highest BCUT2D eigenvalue weighted by molar-refractivity contribution is 7.10. The zero-order valence-corrected chi connectivity index (χ0v) is 11.5. The van der Waals surface area contributed by atoms with E-state index in [1.807, 2.05) is 29.6 Å². The summed E-state index contributed by atoms with van der Waals surface area (Å²) in [5.41, 5.74) is 0.907. The molecular weight excluding hydrogens is 260 g/mol. The molecule has 2 heterocycles. The standard InChI is InChI=1S/C14H16N2O2S/c1-18-12(13-5-3-7-19-13)10-16-14(17)8-11-4-2-6-15-9-11/h2-7,9,12H,8,10H2,1H3,(H,16,17). The average Bonchev–Trinajstić information content (AvgIpc) is 2.95. The molecule has 1 atom stereocenters. The monoisotopic (exact) mass is 276 g/mol. The van der Waals surface area contributed by atoms with Crippen molar-refractivity contribution in [3.63, 3.8) is 0 Å². The van der Waals surface area contributed by atoms with Gasteiger partial charge in [0.2, 0.25) is 5.91 Å². The first-order chi connectivity index (χ1) is 9.29. The molecule has 2 aromatic heterocycles. The lowest BCUT2D eigenvalue weighted by Gasteiger charge is -2.14. The van der Waals surface area contributed by atoms with Crippen molar-refractivity contribution in [2.75, 3.05) is 13.7 Å². The number of thiophene rings is 1. The van der Waals surface area contributed by atoms with Gasteiger partial charge in [-0.15, -0.1) is 11.3 Å². The summed E-state index contributed by atoms with van der Waals surface area (Å²) >= 11 is 1.62. The minimum absolute atomic E-state index is 0.0217. The predicted octanol–water partition coefficient (Wildman–Crippen LogP) is 2.19. The van der Waals surface area contributed by atoms with Gasteiger partial charge >= 0.3 is 0 Å². The molecular formula is C14H16N2O2S. The smallest absolute Gasteiger partial charge is 0.224 e. The Kier molecular flexibility index (Phi) is 5.06. The minimum Gasteiger partial charge on any atom is -0.374 e. The second-order valence-electron chi connectivity index (χ2n) is 4.08. The normalized spacial score (nSPS) is 12.1. The number of hydrogen-bond donors (Lipinski definition) is 1. The molecule has 0 saturated heterocycles. The molecule has 0 saturated carbocycles. The van der Waals surface area contributed by atoms with E-state index in [1.54, 1.807) is 30.8 Å². The fourth-order valence-corrected chi connectivity index (χ4v) is 2.53. The highest BCUT2D eigenvalue weighted by atomic mass is 32.1. The van der Waals surface area contributed by atoms with Crippen LogP contribution in [0.25, 0.3) is 0 Å². The fourth-order valence-electron chi connectivity index (χ4n) is 1.73. The molecule has 5 heteroatoms. The Morgan fingerprint density at radius 2 is 2.37 bits per heavy atom. The number of aromatic nitrogens is 1. The second-order valence-corrected chi connectivity index (χ2v) is 5.06. The summed E-state index contributed by atoms with van der Waals surface area (Å²) in [6, 6.07) is 7.70. The fraction of sp³-hybridized carbons (Fsp3) is 0.286. The largest absolute Gasteiger partial charge is 0.374 e. The summed E-state index contributed by atoms with van der Waals surface area (Å²) < 4.78 is 5.38. The van der Waals surface area contributed by atoms with Crippen molar-refractivity contribution < 1.29 is 9.53 Å². The SMILES string of the molecule is COC(CNC(=O)Cc1cccnc1)c1cccs1. The minimum atomic E-state index is -0.0853. The van der Waals surface area contributed by atoms with Gasteiger partial charge in [-0.25, -0.2) is 0 Å². The van der Waals surface area contributed by atoms with Gasteiger partial charge in [0.05, 0.1) is 6.42 Å². The van der Waals surface area contributed by atoms with Crippen molar-refractivity contribution in [3.8, 4) is 0 Å². The molecule has 2 aromatic rings. The Morgan fingerprint density at radius 3 is 3.00 bits per heavy atom. The maximum atomic E-state index is 11.8. The molecule has 19 heavy (non-hydrogen) atoms.